The lowest BCUT2D eigenvalue weighted by Gasteiger charge is -2.10. The van der Waals surface area contributed by atoms with Gasteiger partial charge in [0.1, 0.15) is 11.6 Å². The molecule has 2 aromatic rings. The first kappa shape index (κ1) is 13.7. The fourth-order valence-corrected chi connectivity index (χ4v) is 2.10. The van der Waals surface area contributed by atoms with E-state index < -0.39 is 17.7 Å². The third kappa shape index (κ3) is 4.14. The van der Waals surface area contributed by atoms with Crippen molar-refractivity contribution in [2.24, 2.45) is 0 Å². The van der Waals surface area contributed by atoms with Gasteiger partial charge >= 0.3 is 0 Å². The fourth-order valence-electron chi connectivity index (χ4n) is 2.10. The first-order valence-corrected chi connectivity index (χ1v) is 6.33. The van der Waals surface area contributed by atoms with Crippen molar-refractivity contribution in [1.82, 2.24) is 0 Å². The van der Waals surface area contributed by atoms with E-state index in [0.717, 1.165) is 11.6 Å². The highest BCUT2D eigenvalue weighted by Gasteiger charge is 2.07. The summed E-state index contributed by atoms with van der Waals surface area (Å²) in [5, 5.41) is 9.96. The van der Waals surface area contributed by atoms with Gasteiger partial charge in [-0.1, -0.05) is 30.3 Å². The summed E-state index contributed by atoms with van der Waals surface area (Å²) < 4.78 is 26.0. The minimum absolute atomic E-state index is 0.528. The van der Waals surface area contributed by atoms with Gasteiger partial charge in [0.25, 0.3) is 0 Å². The van der Waals surface area contributed by atoms with Crippen LogP contribution < -0.4 is 0 Å². The Morgan fingerprint density at radius 3 is 2.21 bits per heavy atom. The van der Waals surface area contributed by atoms with E-state index in [2.05, 4.69) is 0 Å². The van der Waals surface area contributed by atoms with Crippen molar-refractivity contribution in [1.29, 1.82) is 0 Å². The Bertz CT molecular complexity index is 505. The fraction of sp³-hybridized carbons (Fsp3) is 0.250. The van der Waals surface area contributed by atoms with Crippen molar-refractivity contribution in [2.45, 2.75) is 25.4 Å². The quantitative estimate of drug-likeness (QED) is 0.862. The van der Waals surface area contributed by atoms with Crippen LogP contribution in [0, 0.1) is 11.6 Å². The monoisotopic (exact) mass is 262 g/mol. The molecule has 100 valence electrons. The highest BCUT2D eigenvalue weighted by molar-refractivity contribution is 5.19. The second-order valence-corrected chi connectivity index (χ2v) is 4.60. The van der Waals surface area contributed by atoms with E-state index in [1.807, 2.05) is 30.3 Å². The summed E-state index contributed by atoms with van der Waals surface area (Å²) in [5.41, 5.74) is 1.49. The van der Waals surface area contributed by atoms with Crippen LogP contribution in [-0.4, -0.2) is 5.11 Å². The van der Waals surface area contributed by atoms with E-state index in [-0.39, 0.29) is 0 Å². The molecule has 0 aliphatic rings. The van der Waals surface area contributed by atoms with Crippen LogP contribution >= 0.6 is 0 Å². The highest BCUT2D eigenvalue weighted by atomic mass is 19.1. The van der Waals surface area contributed by atoms with Gasteiger partial charge in [-0.15, -0.1) is 0 Å². The maximum Gasteiger partial charge on any atom is 0.126 e. The molecule has 3 heteroatoms. The molecule has 2 rings (SSSR count). The van der Waals surface area contributed by atoms with Crippen LogP contribution in [0.5, 0.6) is 0 Å². The van der Waals surface area contributed by atoms with Gasteiger partial charge in [0.05, 0.1) is 6.10 Å². The predicted octanol–water partition coefficient (Wildman–Crippen LogP) is 4.02. The summed E-state index contributed by atoms with van der Waals surface area (Å²) in [6.07, 6.45) is 1.28. The number of halogens is 2. The van der Waals surface area contributed by atoms with Gasteiger partial charge in [-0.25, -0.2) is 8.78 Å². The minimum atomic E-state index is -0.557. The molecule has 0 heterocycles. The summed E-state index contributed by atoms with van der Waals surface area (Å²) in [7, 11) is 0. The minimum Gasteiger partial charge on any atom is -0.388 e. The Balaban J connectivity index is 1.86. The zero-order valence-electron chi connectivity index (χ0n) is 10.5. The molecule has 1 N–H and O–H groups in total. The van der Waals surface area contributed by atoms with Crippen LogP contribution in [0.3, 0.4) is 0 Å². The molecule has 1 nitrogen and oxygen atoms in total. The Hall–Kier alpha value is -1.74. The van der Waals surface area contributed by atoms with Gasteiger partial charge < -0.3 is 5.11 Å². The average Bonchev–Trinajstić information content (AvgIpc) is 2.38. The van der Waals surface area contributed by atoms with Gasteiger partial charge in [-0.05, 0) is 42.5 Å². The van der Waals surface area contributed by atoms with Crippen LogP contribution in [0.1, 0.15) is 30.1 Å². The van der Waals surface area contributed by atoms with Gasteiger partial charge in [-0.2, -0.15) is 0 Å². The third-order valence-electron chi connectivity index (χ3n) is 3.05. The largest absolute Gasteiger partial charge is 0.388 e. The van der Waals surface area contributed by atoms with E-state index in [1.165, 1.54) is 12.1 Å². The molecule has 0 amide bonds. The van der Waals surface area contributed by atoms with E-state index in [9.17, 15) is 13.9 Å². The molecule has 0 spiro atoms. The molecule has 0 aliphatic heterocycles. The number of rotatable bonds is 5. The molecule has 0 fully saturated rings. The molecule has 1 unspecified atom stereocenters. The maximum atomic E-state index is 13.0. The third-order valence-corrected chi connectivity index (χ3v) is 3.05. The van der Waals surface area contributed by atoms with Crippen molar-refractivity contribution in [3.05, 3.63) is 71.3 Å². The van der Waals surface area contributed by atoms with Crippen LogP contribution in [0.25, 0.3) is 0 Å². The van der Waals surface area contributed by atoms with Crippen molar-refractivity contribution >= 4 is 0 Å². The van der Waals surface area contributed by atoms with Gasteiger partial charge in [0, 0.05) is 6.07 Å². The van der Waals surface area contributed by atoms with Gasteiger partial charge in [0.2, 0.25) is 0 Å². The number of aliphatic hydroxyl groups excluding tert-OH is 1. The second kappa shape index (κ2) is 6.43. The molecule has 19 heavy (non-hydrogen) atoms. The molecule has 0 aliphatic carbocycles. The van der Waals surface area contributed by atoms with Gasteiger partial charge in [0.15, 0.2) is 0 Å². The molecule has 0 aromatic heterocycles. The molecular formula is C16H16F2O. The zero-order chi connectivity index (χ0) is 13.7. The summed E-state index contributed by atoms with van der Waals surface area (Å²) in [6.45, 7) is 0. The van der Waals surface area contributed by atoms with E-state index >= 15 is 0 Å². The van der Waals surface area contributed by atoms with Crippen molar-refractivity contribution in [3.8, 4) is 0 Å². The van der Waals surface area contributed by atoms with E-state index in [1.54, 1.807) is 0 Å². The standard InChI is InChI=1S/C16H16F2O/c17-14-9-12(10-15(18)11-14)5-4-8-16(19)13-6-2-1-3-7-13/h1-3,6-7,9-11,16,19H,4-5,8H2. The van der Waals surface area contributed by atoms with Crippen LogP contribution in [0.2, 0.25) is 0 Å². The van der Waals surface area contributed by atoms with Crippen molar-refractivity contribution in [3.63, 3.8) is 0 Å². The SMILES string of the molecule is OC(CCCc1cc(F)cc(F)c1)c1ccccc1. The Kier molecular flexibility index (Phi) is 4.63. The number of aliphatic hydroxyl groups is 1. The molecule has 1 atom stereocenters. The van der Waals surface area contributed by atoms with Crippen LogP contribution in [0.4, 0.5) is 8.78 Å². The maximum absolute atomic E-state index is 13.0. The average molecular weight is 262 g/mol. The number of hydrogen-bond donors (Lipinski definition) is 1. The summed E-state index contributed by atoms with van der Waals surface area (Å²) in [4.78, 5) is 0. The molecule has 0 bridgehead atoms. The van der Waals surface area contributed by atoms with E-state index in [4.69, 9.17) is 0 Å². The molecule has 2 aromatic carbocycles. The van der Waals surface area contributed by atoms with E-state index in [0.29, 0.717) is 24.8 Å². The number of benzene rings is 2. The zero-order valence-corrected chi connectivity index (χ0v) is 10.5. The van der Waals surface area contributed by atoms with Crippen LogP contribution in [0.15, 0.2) is 48.5 Å². The van der Waals surface area contributed by atoms with Crippen LogP contribution in [-0.2, 0) is 6.42 Å². The lowest BCUT2D eigenvalue weighted by atomic mass is 10.0. The molecular weight excluding hydrogens is 246 g/mol. The summed E-state index contributed by atoms with van der Waals surface area (Å²) in [5.74, 6) is -1.11. The normalized spacial score (nSPS) is 12.4. The lowest BCUT2D eigenvalue weighted by molar-refractivity contribution is 0.164. The smallest absolute Gasteiger partial charge is 0.126 e. The Labute approximate surface area is 111 Å². The highest BCUT2D eigenvalue weighted by Crippen LogP contribution is 2.19. The Morgan fingerprint density at radius 1 is 0.947 bits per heavy atom. The first-order valence-electron chi connectivity index (χ1n) is 6.33. The summed E-state index contributed by atoms with van der Waals surface area (Å²) >= 11 is 0. The number of hydrogen-bond acceptors (Lipinski definition) is 1. The topological polar surface area (TPSA) is 20.2 Å². The second-order valence-electron chi connectivity index (χ2n) is 4.60. The molecule has 0 radical (unpaired) electrons. The molecule has 0 saturated carbocycles. The lowest BCUT2D eigenvalue weighted by Crippen LogP contribution is -1.98. The van der Waals surface area contributed by atoms with Crippen molar-refractivity contribution in [2.75, 3.05) is 0 Å². The van der Waals surface area contributed by atoms with Gasteiger partial charge in [-0.3, -0.25) is 0 Å². The Morgan fingerprint density at radius 2 is 1.58 bits per heavy atom. The first-order chi connectivity index (χ1) is 9.15. The van der Waals surface area contributed by atoms with Crippen molar-refractivity contribution < 1.29 is 13.9 Å². The summed E-state index contributed by atoms with van der Waals surface area (Å²) in [6, 6.07) is 12.9. The predicted molar refractivity (Wildman–Crippen MR) is 70.7 cm³/mol. The molecule has 0 saturated heterocycles. The number of aryl methyl sites for hydroxylation is 1.